The van der Waals surface area contributed by atoms with Crippen molar-refractivity contribution >= 4 is 11.8 Å². The molecule has 5 heteroatoms. The van der Waals surface area contributed by atoms with Gasteiger partial charge in [0.25, 0.3) is 0 Å². The van der Waals surface area contributed by atoms with Gasteiger partial charge < -0.3 is 9.80 Å². The molecule has 0 spiro atoms. The molecule has 0 unspecified atom stereocenters. The van der Waals surface area contributed by atoms with Gasteiger partial charge in [-0.1, -0.05) is 30.3 Å². The summed E-state index contributed by atoms with van der Waals surface area (Å²) in [5.74, 6) is 2.58. The van der Waals surface area contributed by atoms with E-state index in [0.29, 0.717) is 0 Å². The monoisotopic (exact) mass is 337 g/mol. The van der Waals surface area contributed by atoms with Crippen molar-refractivity contribution in [3.8, 4) is 0 Å². The predicted molar refractivity (Wildman–Crippen MR) is 101 cm³/mol. The lowest BCUT2D eigenvalue weighted by Crippen LogP contribution is -2.36. The standard InChI is InChI=1S/C20H27N5/c1-3-7-17(8-4-1)15-18-9-13-24(14-10-18)19-16-21-23-20(22-19)25-11-5-2-6-12-25/h1,3-4,7-8,16,18H,2,5-6,9-15H2. The topological polar surface area (TPSA) is 45.2 Å². The first-order valence-electron chi connectivity index (χ1n) is 9.62. The van der Waals surface area contributed by atoms with Crippen LogP contribution in [0.1, 0.15) is 37.7 Å². The van der Waals surface area contributed by atoms with Gasteiger partial charge in [-0.2, -0.15) is 10.1 Å². The van der Waals surface area contributed by atoms with Crippen molar-refractivity contribution in [1.82, 2.24) is 15.2 Å². The maximum atomic E-state index is 4.81. The van der Waals surface area contributed by atoms with Crippen molar-refractivity contribution in [1.29, 1.82) is 0 Å². The van der Waals surface area contributed by atoms with Gasteiger partial charge in [0.05, 0.1) is 6.20 Å². The molecule has 0 atom stereocenters. The summed E-state index contributed by atoms with van der Waals surface area (Å²) in [6, 6.07) is 10.9. The lowest BCUT2D eigenvalue weighted by atomic mass is 9.90. The molecule has 2 aromatic rings. The molecule has 0 amide bonds. The summed E-state index contributed by atoms with van der Waals surface area (Å²) >= 11 is 0. The number of benzene rings is 1. The van der Waals surface area contributed by atoms with Gasteiger partial charge in [0.2, 0.25) is 5.95 Å². The van der Waals surface area contributed by atoms with Crippen LogP contribution in [0.3, 0.4) is 0 Å². The van der Waals surface area contributed by atoms with Crippen LogP contribution in [0.2, 0.25) is 0 Å². The molecule has 1 aromatic carbocycles. The molecule has 1 aromatic heterocycles. The third-order valence-electron chi connectivity index (χ3n) is 5.48. The summed E-state index contributed by atoms with van der Waals surface area (Å²) in [5, 5.41) is 8.49. The number of hydrogen-bond acceptors (Lipinski definition) is 5. The summed E-state index contributed by atoms with van der Waals surface area (Å²) in [4.78, 5) is 9.47. The molecule has 2 fully saturated rings. The van der Waals surface area contributed by atoms with Crippen molar-refractivity contribution in [3.05, 3.63) is 42.1 Å². The molecule has 2 aliphatic rings. The van der Waals surface area contributed by atoms with Crippen molar-refractivity contribution in [2.75, 3.05) is 36.0 Å². The van der Waals surface area contributed by atoms with Gasteiger partial charge in [0.15, 0.2) is 5.82 Å². The summed E-state index contributed by atoms with van der Waals surface area (Å²) < 4.78 is 0. The molecule has 2 aliphatic heterocycles. The van der Waals surface area contributed by atoms with Crippen LogP contribution < -0.4 is 9.80 Å². The van der Waals surface area contributed by atoms with Gasteiger partial charge in [-0.3, -0.25) is 0 Å². The van der Waals surface area contributed by atoms with Gasteiger partial charge in [-0.15, -0.1) is 5.10 Å². The lowest BCUT2D eigenvalue weighted by Gasteiger charge is -2.33. The molecule has 3 heterocycles. The highest BCUT2D eigenvalue weighted by molar-refractivity contribution is 5.42. The van der Waals surface area contributed by atoms with Crippen molar-refractivity contribution in [3.63, 3.8) is 0 Å². The summed E-state index contributed by atoms with van der Waals surface area (Å²) in [6.45, 7) is 4.25. The van der Waals surface area contributed by atoms with Gasteiger partial charge in [-0.25, -0.2) is 0 Å². The Morgan fingerprint density at radius 2 is 1.64 bits per heavy atom. The molecule has 5 nitrogen and oxygen atoms in total. The van der Waals surface area contributed by atoms with E-state index in [2.05, 4.69) is 50.3 Å². The Morgan fingerprint density at radius 1 is 0.880 bits per heavy atom. The van der Waals surface area contributed by atoms with Crippen molar-refractivity contribution < 1.29 is 0 Å². The maximum absolute atomic E-state index is 4.81. The molecule has 0 radical (unpaired) electrons. The first-order valence-corrected chi connectivity index (χ1v) is 9.62. The SMILES string of the molecule is c1ccc(CC2CCN(c3cnnc(N4CCCCC4)n3)CC2)cc1. The van der Waals surface area contributed by atoms with Crippen LogP contribution in [0.5, 0.6) is 0 Å². The maximum Gasteiger partial charge on any atom is 0.247 e. The van der Waals surface area contributed by atoms with Crippen LogP contribution in [0.4, 0.5) is 11.8 Å². The second kappa shape index (κ2) is 7.81. The molecular formula is C20H27N5. The van der Waals surface area contributed by atoms with E-state index in [9.17, 15) is 0 Å². The van der Waals surface area contributed by atoms with Crippen LogP contribution in [0.25, 0.3) is 0 Å². The highest BCUT2D eigenvalue weighted by atomic mass is 15.3. The molecule has 0 aliphatic carbocycles. The smallest absolute Gasteiger partial charge is 0.247 e. The van der Waals surface area contributed by atoms with Crippen molar-refractivity contribution in [2.24, 2.45) is 5.92 Å². The Hall–Kier alpha value is -2.17. The number of anilines is 2. The molecule has 2 saturated heterocycles. The molecule has 0 N–H and O–H groups in total. The number of nitrogens with zero attached hydrogens (tertiary/aromatic N) is 5. The Bertz CT molecular complexity index is 661. The van der Waals surface area contributed by atoms with E-state index in [0.717, 1.165) is 43.9 Å². The van der Waals surface area contributed by atoms with E-state index >= 15 is 0 Å². The fourth-order valence-corrected chi connectivity index (χ4v) is 3.98. The minimum atomic E-state index is 0.773. The summed E-state index contributed by atoms with van der Waals surface area (Å²) in [5.41, 5.74) is 1.46. The zero-order chi connectivity index (χ0) is 16.9. The van der Waals surface area contributed by atoms with Gasteiger partial charge >= 0.3 is 0 Å². The first kappa shape index (κ1) is 16.3. The lowest BCUT2D eigenvalue weighted by molar-refractivity contribution is 0.402. The molecule has 0 saturated carbocycles. The Kier molecular flexibility index (Phi) is 5.09. The number of rotatable bonds is 4. The van der Waals surface area contributed by atoms with Crippen LogP contribution in [0.15, 0.2) is 36.5 Å². The molecule has 132 valence electrons. The van der Waals surface area contributed by atoms with Crippen LogP contribution in [-0.2, 0) is 6.42 Å². The normalized spacial score (nSPS) is 19.2. The number of hydrogen-bond donors (Lipinski definition) is 0. The van der Waals surface area contributed by atoms with E-state index in [-0.39, 0.29) is 0 Å². The van der Waals surface area contributed by atoms with Gasteiger partial charge in [0, 0.05) is 26.2 Å². The highest BCUT2D eigenvalue weighted by Gasteiger charge is 2.22. The molecule has 0 bridgehead atoms. The fourth-order valence-electron chi connectivity index (χ4n) is 3.98. The second-order valence-electron chi connectivity index (χ2n) is 7.28. The largest absolute Gasteiger partial charge is 0.355 e. The molecular weight excluding hydrogens is 310 g/mol. The van der Waals surface area contributed by atoms with E-state index in [4.69, 9.17) is 4.98 Å². The van der Waals surface area contributed by atoms with E-state index < -0.39 is 0 Å². The van der Waals surface area contributed by atoms with E-state index in [1.54, 1.807) is 0 Å². The van der Waals surface area contributed by atoms with E-state index in [1.165, 1.54) is 44.1 Å². The fraction of sp³-hybridized carbons (Fsp3) is 0.550. The highest BCUT2D eigenvalue weighted by Crippen LogP contribution is 2.25. The minimum absolute atomic E-state index is 0.773. The predicted octanol–water partition coefficient (Wildman–Crippen LogP) is 3.32. The van der Waals surface area contributed by atoms with Gasteiger partial charge in [-0.05, 0) is 50.0 Å². The number of aromatic nitrogens is 3. The van der Waals surface area contributed by atoms with Gasteiger partial charge in [0.1, 0.15) is 0 Å². The third-order valence-corrected chi connectivity index (χ3v) is 5.48. The van der Waals surface area contributed by atoms with Crippen LogP contribution >= 0.6 is 0 Å². The molecule has 25 heavy (non-hydrogen) atoms. The van der Waals surface area contributed by atoms with Crippen LogP contribution in [0, 0.1) is 5.92 Å². The zero-order valence-electron chi connectivity index (χ0n) is 14.8. The quantitative estimate of drug-likeness (QED) is 0.856. The zero-order valence-corrected chi connectivity index (χ0v) is 14.8. The van der Waals surface area contributed by atoms with Crippen LogP contribution in [-0.4, -0.2) is 41.4 Å². The van der Waals surface area contributed by atoms with Crippen molar-refractivity contribution in [2.45, 2.75) is 38.5 Å². The molecule has 4 rings (SSSR count). The van der Waals surface area contributed by atoms with E-state index in [1.807, 2.05) is 6.20 Å². The average molecular weight is 337 g/mol. The third kappa shape index (κ3) is 4.09. The number of piperidine rings is 2. The summed E-state index contributed by atoms with van der Waals surface area (Å²) in [7, 11) is 0. The Morgan fingerprint density at radius 3 is 2.40 bits per heavy atom. The Labute approximate surface area is 150 Å². The first-order chi connectivity index (χ1) is 12.4. The average Bonchev–Trinajstić information content (AvgIpc) is 2.70. The minimum Gasteiger partial charge on any atom is -0.355 e. The Balaban J connectivity index is 1.36. The summed E-state index contributed by atoms with van der Waals surface area (Å²) in [6.07, 6.45) is 9.24. The second-order valence-corrected chi connectivity index (χ2v) is 7.28.